The Hall–Kier alpha value is -0.660. The minimum Gasteiger partial charge on any atom is -0.468 e. The van der Waals surface area contributed by atoms with E-state index in [1.54, 1.807) is 0 Å². The van der Waals surface area contributed by atoms with Gasteiger partial charge in [0, 0.05) is 19.1 Å². The fourth-order valence-corrected chi connectivity index (χ4v) is 3.98. The molecule has 0 saturated carbocycles. The Morgan fingerprint density at radius 1 is 1.53 bits per heavy atom. The van der Waals surface area contributed by atoms with Crippen molar-refractivity contribution in [2.45, 2.75) is 32.4 Å². The number of carbonyl (C=O) groups is 1. The second-order valence-electron chi connectivity index (χ2n) is 4.92. The summed E-state index contributed by atoms with van der Waals surface area (Å²) in [5.74, 6) is 0.151. The Kier molecular flexibility index (Phi) is 6.22. The van der Waals surface area contributed by atoms with Gasteiger partial charge in [0.25, 0.3) is 0 Å². The van der Waals surface area contributed by atoms with Crippen LogP contribution in [0.4, 0.5) is 0 Å². The quantitative estimate of drug-likeness (QED) is 0.674. The van der Waals surface area contributed by atoms with Gasteiger partial charge in [0.2, 0.25) is 0 Å². The van der Waals surface area contributed by atoms with Crippen LogP contribution in [0.1, 0.15) is 20.3 Å². The molecule has 6 nitrogen and oxygen atoms in total. The zero-order valence-corrected chi connectivity index (χ0v) is 12.7. The summed E-state index contributed by atoms with van der Waals surface area (Å²) >= 11 is 0. The van der Waals surface area contributed by atoms with Crippen LogP contribution in [-0.4, -0.2) is 69.6 Å². The van der Waals surface area contributed by atoms with E-state index < -0.39 is 9.84 Å². The predicted molar refractivity (Wildman–Crippen MR) is 73.8 cm³/mol. The zero-order valence-electron chi connectivity index (χ0n) is 11.9. The fraction of sp³-hybridized carbons (Fsp3) is 0.917. The normalized spacial score (nSPS) is 24.9. The third kappa shape index (κ3) is 5.08. The van der Waals surface area contributed by atoms with Crippen LogP contribution in [0, 0.1) is 0 Å². The first-order valence-corrected chi connectivity index (χ1v) is 8.47. The SMILES string of the molecule is CCNC(CCN1CCS(=O)(=O)CC1C)C(=O)OC. The number of ether oxygens (including phenoxy) is 1. The molecule has 2 atom stereocenters. The molecule has 0 radical (unpaired) electrons. The molecule has 2 unspecified atom stereocenters. The van der Waals surface area contributed by atoms with Gasteiger partial charge in [0.15, 0.2) is 9.84 Å². The average Bonchev–Trinajstić information content (AvgIpc) is 2.34. The Morgan fingerprint density at radius 3 is 2.74 bits per heavy atom. The number of nitrogens with zero attached hydrogens (tertiary/aromatic N) is 1. The summed E-state index contributed by atoms with van der Waals surface area (Å²) in [6, 6.07) is -0.306. The van der Waals surface area contributed by atoms with Crippen LogP contribution >= 0.6 is 0 Å². The van der Waals surface area contributed by atoms with Crippen LogP contribution in [-0.2, 0) is 19.4 Å². The van der Waals surface area contributed by atoms with Crippen molar-refractivity contribution < 1.29 is 17.9 Å². The summed E-state index contributed by atoms with van der Waals surface area (Å²) < 4.78 is 27.7. The molecule has 1 rings (SSSR count). The fourth-order valence-electron chi connectivity index (χ4n) is 2.35. The molecule has 112 valence electrons. The monoisotopic (exact) mass is 292 g/mol. The van der Waals surface area contributed by atoms with Crippen LogP contribution in [0.25, 0.3) is 0 Å². The molecule has 0 spiro atoms. The summed E-state index contributed by atoms with van der Waals surface area (Å²) in [7, 11) is -1.51. The average molecular weight is 292 g/mol. The van der Waals surface area contributed by atoms with Gasteiger partial charge in [-0.1, -0.05) is 6.92 Å². The number of hydrogen-bond acceptors (Lipinski definition) is 6. The number of esters is 1. The number of hydrogen-bond donors (Lipinski definition) is 1. The Labute approximate surface area is 115 Å². The van der Waals surface area contributed by atoms with Crippen LogP contribution in [0.2, 0.25) is 0 Å². The van der Waals surface area contributed by atoms with Gasteiger partial charge in [0.1, 0.15) is 6.04 Å². The van der Waals surface area contributed by atoms with Gasteiger partial charge < -0.3 is 10.1 Å². The van der Waals surface area contributed by atoms with Crippen molar-refractivity contribution in [1.29, 1.82) is 0 Å². The summed E-state index contributed by atoms with van der Waals surface area (Å²) in [5, 5.41) is 3.08. The molecule has 0 aromatic heterocycles. The molecule has 0 aromatic rings. The maximum atomic E-state index is 11.6. The molecular formula is C12H24N2O4S. The first-order chi connectivity index (χ1) is 8.89. The molecule has 0 amide bonds. The van der Waals surface area contributed by atoms with Crippen molar-refractivity contribution >= 4 is 15.8 Å². The molecule has 19 heavy (non-hydrogen) atoms. The molecule has 1 N–H and O–H groups in total. The van der Waals surface area contributed by atoms with Crippen LogP contribution in [0.15, 0.2) is 0 Å². The Bertz CT molecular complexity index is 397. The third-order valence-corrected chi connectivity index (χ3v) is 5.24. The highest BCUT2D eigenvalue weighted by atomic mass is 32.2. The number of nitrogens with one attached hydrogen (secondary N) is 1. The summed E-state index contributed by atoms with van der Waals surface area (Å²) in [6.45, 7) is 5.79. The zero-order chi connectivity index (χ0) is 14.5. The van der Waals surface area contributed by atoms with Gasteiger partial charge in [-0.3, -0.25) is 9.69 Å². The lowest BCUT2D eigenvalue weighted by Crippen LogP contribution is -2.49. The molecule has 0 bridgehead atoms. The molecule has 0 aliphatic carbocycles. The summed E-state index contributed by atoms with van der Waals surface area (Å²) in [5.41, 5.74) is 0. The molecule has 1 aliphatic heterocycles. The number of rotatable bonds is 6. The van der Waals surface area contributed by atoms with Crippen LogP contribution in [0.3, 0.4) is 0 Å². The lowest BCUT2D eigenvalue weighted by molar-refractivity contribution is -0.143. The van der Waals surface area contributed by atoms with Crippen LogP contribution in [0.5, 0.6) is 0 Å². The topological polar surface area (TPSA) is 75.7 Å². The van der Waals surface area contributed by atoms with Gasteiger partial charge in [-0.2, -0.15) is 0 Å². The minimum absolute atomic E-state index is 0.0127. The van der Waals surface area contributed by atoms with E-state index in [0.29, 0.717) is 26.1 Å². The first kappa shape index (κ1) is 16.4. The second-order valence-corrected chi connectivity index (χ2v) is 7.15. The molecule has 1 saturated heterocycles. The number of carbonyl (C=O) groups excluding carboxylic acids is 1. The van der Waals surface area contributed by atoms with E-state index in [4.69, 9.17) is 4.74 Å². The molecule has 7 heteroatoms. The molecule has 1 heterocycles. The number of sulfone groups is 1. The van der Waals surface area contributed by atoms with Gasteiger partial charge in [0.05, 0.1) is 18.6 Å². The lowest BCUT2D eigenvalue weighted by atomic mass is 10.1. The number of likely N-dealkylation sites (N-methyl/N-ethyl adjacent to an activating group) is 1. The maximum Gasteiger partial charge on any atom is 0.322 e. The lowest BCUT2D eigenvalue weighted by Gasteiger charge is -2.33. The Morgan fingerprint density at radius 2 is 2.21 bits per heavy atom. The van der Waals surface area contributed by atoms with Gasteiger partial charge in [-0.15, -0.1) is 0 Å². The number of methoxy groups -OCH3 is 1. The maximum absolute atomic E-state index is 11.6. The van der Waals surface area contributed by atoms with Gasteiger partial charge in [-0.25, -0.2) is 8.42 Å². The van der Waals surface area contributed by atoms with Crippen molar-refractivity contribution in [2.24, 2.45) is 0 Å². The Balaban J connectivity index is 2.48. The van der Waals surface area contributed by atoms with E-state index in [9.17, 15) is 13.2 Å². The first-order valence-electron chi connectivity index (χ1n) is 6.65. The largest absolute Gasteiger partial charge is 0.468 e. The van der Waals surface area contributed by atoms with Crippen molar-refractivity contribution in [3.63, 3.8) is 0 Å². The smallest absolute Gasteiger partial charge is 0.322 e. The van der Waals surface area contributed by atoms with Crippen molar-refractivity contribution in [3.05, 3.63) is 0 Å². The van der Waals surface area contributed by atoms with Crippen molar-refractivity contribution in [3.8, 4) is 0 Å². The van der Waals surface area contributed by atoms with E-state index >= 15 is 0 Å². The van der Waals surface area contributed by atoms with Crippen molar-refractivity contribution in [1.82, 2.24) is 10.2 Å². The van der Waals surface area contributed by atoms with E-state index in [-0.39, 0.29) is 29.6 Å². The molecule has 0 aromatic carbocycles. The third-order valence-electron chi connectivity index (χ3n) is 3.45. The van der Waals surface area contributed by atoms with Crippen LogP contribution < -0.4 is 5.32 Å². The van der Waals surface area contributed by atoms with E-state index in [1.165, 1.54) is 7.11 Å². The predicted octanol–water partition coefficient (Wildman–Crippen LogP) is -0.353. The van der Waals surface area contributed by atoms with Crippen molar-refractivity contribution in [2.75, 3.05) is 38.2 Å². The second kappa shape index (κ2) is 7.21. The van der Waals surface area contributed by atoms with E-state index in [1.807, 2.05) is 13.8 Å². The van der Waals surface area contributed by atoms with Gasteiger partial charge in [-0.05, 0) is 19.9 Å². The summed E-state index contributed by atoms with van der Waals surface area (Å²) in [6.07, 6.45) is 0.630. The van der Waals surface area contributed by atoms with E-state index in [0.717, 1.165) is 0 Å². The molecule has 1 fully saturated rings. The van der Waals surface area contributed by atoms with E-state index in [2.05, 4.69) is 10.2 Å². The highest BCUT2D eigenvalue weighted by molar-refractivity contribution is 7.91. The highest BCUT2D eigenvalue weighted by Crippen LogP contribution is 2.12. The summed E-state index contributed by atoms with van der Waals surface area (Å²) in [4.78, 5) is 13.7. The molecular weight excluding hydrogens is 268 g/mol. The highest BCUT2D eigenvalue weighted by Gasteiger charge is 2.29. The van der Waals surface area contributed by atoms with Gasteiger partial charge >= 0.3 is 5.97 Å². The molecule has 1 aliphatic rings. The standard InChI is InChI=1S/C12H24N2O4S/c1-4-13-11(12(15)18-3)5-6-14-7-8-19(16,17)9-10(14)2/h10-11,13H,4-9H2,1-3H3. The minimum atomic E-state index is -2.88.